The molecule has 0 unspecified atom stereocenters. The van der Waals surface area contributed by atoms with Crippen LogP contribution in [-0.4, -0.2) is 20.5 Å². The molecule has 4 rings (SSSR count). The summed E-state index contributed by atoms with van der Waals surface area (Å²) in [6, 6.07) is 16.7. The Morgan fingerprint density at radius 3 is 2.76 bits per heavy atom. The quantitative estimate of drug-likeness (QED) is 0.684. The van der Waals surface area contributed by atoms with E-state index >= 15 is 0 Å². The minimum atomic E-state index is 0.540. The summed E-state index contributed by atoms with van der Waals surface area (Å²) >= 11 is 0. The molecule has 0 bridgehead atoms. The molecule has 2 aromatic carbocycles. The van der Waals surface area contributed by atoms with E-state index in [-0.39, 0.29) is 0 Å². The molecule has 0 atom stereocenters. The van der Waals surface area contributed by atoms with Gasteiger partial charge in [0.25, 0.3) is 0 Å². The van der Waals surface area contributed by atoms with Gasteiger partial charge in [-0.05, 0) is 19.1 Å². The van der Waals surface area contributed by atoms with Gasteiger partial charge < -0.3 is 0 Å². The Balaban J connectivity index is 2.00. The largest absolute Gasteiger partial charge is 0.283 e. The highest BCUT2D eigenvalue weighted by Gasteiger charge is 2.19. The highest BCUT2D eigenvalue weighted by molar-refractivity contribution is 6.15. The number of benzene rings is 2. The third-order valence-corrected chi connectivity index (χ3v) is 3.71. The third kappa shape index (κ3) is 1.96. The number of hydrogen-bond acceptors (Lipinski definition) is 3. The number of rotatable bonds is 1. The van der Waals surface area contributed by atoms with E-state index in [1.54, 1.807) is 6.33 Å². The number of aryl methyl sites for hydroxylation is 1. The van der Waals surface area contributed by atoms with E-state index in [2.05, 4.69) is 47.5 Å². The predicted octanol–water partition coefficient (Wildman–Crippen LogP) is 2.93. The van der Waals surface area contributed by atoms with Crippen molar-refractivity contribution in [2.75, 3.05) is 0 Å². The van der Waals surface area contributed by atoms with Gasteiger partial charge in [0, 0.05) is 11.1 Å². The summed E-state index contributed by atoms with van der Waals surface area (Å²) in [5.74, 6) is 0.867. The SMILES string of the molecule is Cc1ccc2c(c1)C(c1ccccc1)=NCc1nncn1-2. The number of fused-ring (bicyclic) bond motifs is 3. The number of aromatic nitrogens is 3. The summed E-state index contributed by atoms with van der Waals surface area (Å²) in [5, 5.41) is 8.18. The van der Waals surface area contributed by atoms with Crippen molar-refractivity contribution in [3.63, 3.8) is 0 Å². The van der Waals surface area contributed by atoms with Crippen molar-refractivity contribution in [1.82, 2.24) is 14.8 Å². The molecule has 21 heavy (non-hydrogen) atoms. The smallest absolute Gasteiger partial charge is 0.159 e. The minimum absolute atomic E-state index is 0.540. The van der Waals surface area contributed by atoms with Gasteiger partial charge >= 0.3 is 0 Å². The van der Waals surface area contributed by atoms with Crippen LogP contribution in [0.4, 0.5) is 0 Å². The zero-order valence-electron chi connectivity index (χ0n) is 11.7. The van der Waals surface area contributed by atoms with Gasteiger partial charge in [-0.25, -0.2) is 0 Å². The van der Waals surface area contributed by atoms with Crippen LogP contribution >= 0.6 is 0 Å². The van der Waals surface area contributed by atoms with Crippen LogP contribution in [0.2, 0.25) is 0 Å². The van der Waals surface area contributed by atoms with Gasteiger partial charge in [0.1, 0.15) is 12.9 Å². The highest BCUT2D eigenvalue weighted by Crippen LogP contribution is 2.25. The van der Waals surface area contributed by atoms with Crippen LogP contribution in [0.1, 0.15) is 22.5 Å². The molecule has 0 saturated carbocycles. The predicted molar refractivity (Wildman–Crippen MR) is 81.9 cm³/mol. The Morgan fingerprint density at radius 1 is 1.05 bits per heavy atom. The molecular weight excluding hydrogens is 260 g/mol. The normalized spacial score (nSPS) is 13.1. The number of nitrogens with zero attached hydrogens (tertiary/aromatic N) is 4. The first kappa shape index (κ1) is 12.0. The minimum Gasteiger partial charge on any atom is -0.283 e. The van der Waals surface area contributed by atoms with Gasteiger partial charge in [0.2, 0.25) is 0 Å². The Morgan fingerprint density at radius 2 is 1.90 bits per heavy atom. The molecule has 102 valence electrons. The zero-order chi connectivity index (χ0) is 14.2. The lowest BCUT2D eigenvalue weighted by molar-refractivity contribution is 0.870. The topological polar surface area (TPSA) is 43.1 Å². The lowest BCUT2D eigenvalue weighted by atomic mass is 9.99. The lowest BCUT2D eigenvalue weighted by Gasteiger charge is -2.12. The molecule has 1 aromatic heterocycles. The fourth-order valence-corrected chi connectivity index (χ4v) is 2.70. The lowest BCUT2D eigenvalue weighted by Crippen LogP contribution is -2.07. The fraction of sp³-hybridized carbons (Fsp3) is 0.118. The van der Waals surface area contributed by atoms with Gasteiger partial charge in [-0.3, -0.25) is 9.56 Å². The van der Waals surface area contributed by atoms with E-state index in [1.165, 1.54) is 5.56 Å². The summed E-state index contributed by atoms with van der Waals surface area (Å²) in [5.41, 5.74) is 5.57. The van der Waals surface area contributed by atoms with E-state index in [0.717, 1.165) is 28.4 Å². The monoisotopic (exact) mass is 274 g/mol. The first-order valence-corrected chi connectivity index (χ1v) is 6.93. The van der Waals surface area contributed by atoms with Crippen molar-refractivity contribution >= 4 is 5.71 Å². The zero-order valence-corrected chi connectivity index (χ0v) is 11.7. The van der Waals surface area contributed by atoms with Crippen LogP contribution in [0.15, 0.2) is 59.9 Å². The highest BCUT2D eigenvalue weighted by atomic mass is 15.3. The van der Waals surface area contributed by atoms with Crippen LogP contribution in [0.5, 0.6) is 0 Å². The van der Waals surface area contributed by atoms with E-state index in [1.807, 2.05) is 22.8 Å². The molecule has 0 fully saturated rings. The van der Waals surface area contributed by atoms with Gasteiger partial charge in [-0.1, -0.05) is 42.0 Å². The van der Waals surface area contributed by atoms with Crippen LogP contribution < -0.4 is 0 Å². The third-order valence-electron chi connectivity index (χ3n) is 3.71. The van der Waals surface area contributed by atoms with Crippen molar-refractivity contribution in [2.24, 2.45) is 4.99 Å². The molecule has 1 aliphatic heterocycles. The van der Waals surface area contributed by atoms with E-state index < -0.39 is 0 Å². The molecule has 0 amide bonds. The van der Waals surface area contributed by atoms with Crippen molar-refractivity contribution in [3.05, 3.63) is 77.4 Å². The van der Waals surface area contributed by atoms with Gasteiger partial charge in [-0.15, -0.1) is 10.2 Å². The molecule has 3 aromatic rings. The summed E-state index contributed by atoms with van der Waals surface area (Å²) in [6.45, 7) is 2.64. The molecule has 1 aliphatic rings. The number of aliphatic imine (C=N–C) groups is 1. The Bertz CT molecular complexity index is 831. The molecule has 0 aliphatic carbocycles. The maximum Gasteiger partial charge on any atom is 0.159 e. The van der Waals surface area contributed by atoms with Crippen molar-refractivity contribution in [1.29, 1.82) is 0 Å². The first-order chi connectivity index (χ1) is 10.3. The van der Waals surface area contributed by atoms with Crippen LogP contribution in [0.25, 0.3) is 5.69 Å². The summed E-state index contributed by atoms with van der Waals surface area (Å²) < 4.78 is 2.02. The van der Waals surface area contributed by atoms with Crippen molar-refractivity contribution in [2.45, 2.75) is 13.5 Å². The Labute approximate surface area is 122 Å². The molecule has 4 nitrogen and oxygen atoms in total. The van der Waals surface area contributed by atoms with E-state index in [4.69, 9.17) is 4.99 Å². The summed E-state index contributed by atoms with van der Waals surface area (Å²) in [7, 11) is 0. The maximum atomic E-state index is 4.78. The number of hydrogen-bond donors (Lipinski definition) is 0. The van der Waals surface area contributed by atoms with Gasteiger partial charge in [0.05, 0.1) is 11.4 Å². The standard InChI is InChI=1S/C17H14N4/c1-12-7-8-15-14(9-12)17(13-5-3-2-4-6-13)18-10-16-20-19-11-21(15)16/h2-9,11H,10H2,1H3. The van der Waals surface area contributed by atoms with E-state index in [9.17, 15) is 0 Å². The molecule has 0 N–H and O–H groups in total. The average molecular weight is 274 g/mol. The molecule has 0 saturated heterocycles. The Kier molecular flexibility index (Phi) is 2.67. The van der Waals surface area contributed by atoms with Crippen molar-refractivity contribution in [3.8, 4) is 5.69 Å². The van der Waals surface area contributed by atoms with Crippen LogP contribution in [0, 0.1) is 6.92 Å². The molecular formula is C17H14N4. The first-order valence-electron chi connectivity index (χ1n) is 6.93. The molecule has 0 radical (unpaired) electrons. The molecule has 4 heteroatoms. The average Bonchev–Trinajstić information content (AvgIpc) is 2.92. The van der Waals surface area contributed by atoms with Crippen LogP contribution in [-0.2, 0) is 6.54 Å². The van der Waals surface area contributed by atoms with Crippen molar-refractivity contribution < 1.29 is 0 Å². The summed E-state index contributed by atoms with van der Waals surface area (Å²) in [6.07, 6.45) is 1.76. The maximum absolute atomic E-state index is 4.78. The Hall–Kier alpha value is -2.75. The van der Waals surface area contributed by atoms with Gasteiger partial charge in [-0.2, -0.15) is 0 Å². The fourth-order valence-electron chi connectivity index (χ4n) is 2.70. The molecule has 0 spiro atoms. The summed E-state index contributed by atoms with van der Waals surface area (Å²) in [4.78, 5) is 4.78. The van der Waals surface area contributed by atoms with Gasteiger partial charge in [0.15, 0.2) is 5.82 Å². The second-order valence-electron chi connectivity index (χ2n) is 5.17. The molecule has 2 heterocycles. The van der Waals surface area contributed by atoms with Crippen LogP contribution in [0.3, 0.4) is 0 Å². The second-order valence-corrected chi connectivity index (χ2v) is 5.17. The van der Waals surface area contributed by atoms with E-state index in [0.29, 0.717) is 6.54 Å². The second kappa shape index (κ2) is 4.66.